The van der Waals surface area contributed by atoms with Crippen molar-refractivity contribution < 1.29 is 18.7 Å². The molecule has 0 unspecified atom stereocenters. The zero-order chi connectivity index (χ0) is 21.3. The molecule has 2 amide bonds. The molecule has 6 heteroatoms. The van der Waals surface area contributed by atoms with Gasteiger partial charge in [-0.3, -0.25) is 9.59 Å². The number of nitrogens with zero attached hydrogens (tertiary/aromatic N) is 1. The van der Waals surface area contributed by atoms with Crippen molar-refractivity contribution in [1.82, 2.24) is 10.2 Å². The van der Waals surface area contributed by atoms with Gasteiger partial charge < -0.3 is 15.0 Å². The van der Waals surface area contributed by atoms with Gasteiger partial charge in [-0.05, 0) is 56.0 Å². The molecule has 0 radical (unpaired) electrons. The average molecular weight is 413 g/mol. The van der Waals surface area contributed by atoms with E-state index < -0.39 is 0 Å². The summed E-state index contributed by atoms with van der Waals surface area (Å²) in [5, 5.41) is 3.07. The highest BCUT2D eigenvalue weighted by molar-refractivity contribution is 5.79. The fraction of sp³-hybridized carbons (Fsp3) is 0.417. The Morgan fingerprint density at radius 3 is 2.40 bits per heavy atom. The van der Waals surface area contributed by atoms with Gasteiger partial charge >= 0.3 is 0 Å². The van der Waals surface area contributed by atoms with Crippen molar-refractivity contribution in [3.63, 3.8) is 0 Å². The van der Waals surface area contributed by atoms with E-state index in [1.807, 2.05) is 36.1 Å². The molecule has 0 bridgehead atoms. The summed E-state index contributed by atoms with van der Waals surface area (Å²) in [6.45, 7) is 3.79. The van der Waals surface area contributed by atoms with Crippen LogP contribution in [-0.4, -0.2) is 42.5 Å². The molecule has 3 rings (SSSR count). The molecular formula is C24H29FN2O3. The zero-order valence-electron chi connectivity index (χ0n) is 17.4. The first-order valence-corrected chi connectivity index (χ1v) is 10.5. The lowest BCUT2D eigenvalue weighted by Gasteiger charge is -2.32. The van der Waals surface area contributed by atoms with Gasteiger partial charge in [0.15, 0.2) is 0 Å². The summed E-state index contributed by atoms with van der Waals surface area (Å²) in [4.78, 5) is 26.4. The summed E-state index contributed by atoms with van der Waals surface area (Å²) in [7, 11) is 0. The van der Waals surface area contributed by atoms with Crippen LogP contribution in [0.15, 0.2) is 48.5 Å². The van der Waals surface area contributed by atoms with Gasteiger partial charge in [-0.25, -0.2) is 4.39 Å². The van der Waals surface area contributed by atoms with Gasteiger partial charge in [0, 0.05) is 25.6 Å². The van der Waals surface area contributed by atoms with E-state index in [1.54, 1.807) is 12.1 Å². The number of aryl methyl sites for hydroxylation is 1. The first-order valence-electron chi connectivity index (χ1n) is 10.5. The largest absolute Gasteiger partial charge is 0.494 e. The maximum absolute atomic E-state index is 13.0. The Morgan fingerprint density at radius 1 is 1.07 bits per heavy atom. The third kappa shape index (κ3) is 6.87. The number of likely N-dealkylation sites (tertiary alicyclic amines) is 1. The van der Waals surface area contributed by atoms with Crippen LogP contribution in [0.2, 0.25) is 0 Å². The number of hydrogen-bond donors (Lipinski definition) is 1. The van der Waals surface area contributed by atoms with Gasteiger partial charge in [-0.2, -0.15) is 0 Å². The molecule has 5 nitrogen and oxygen atoms in total. The summed E-state index contributed by atoms with van der Waals surface area (Å²) >= 11 is 0. The molecule has 0 aliphatic carbocycles. The van der Waals surface area contributed by atoms with Crippen LogP contribution in [0, 0.1) is 12.7 Å². The Hall–Kier alpha value is -2.89. The van der Waals surface area contributed by atoms with Gasteiger partial charge in [0.2, 0.25) is 11.8 Å². The maximum Gasteiger partial charge on any atom is 0.226 e. The van der Waals surface area contributed by atoms with Gasteiger partial charge in [0.1, 0.15) is 11.6 Å². The predicted octanol–water partition coefficient (Wildman–Crippen LogP) is 3.64. The molecule has 1 heterocycles. The minimum atomic E-state index is -0.301. The molecule has 0 aromatic heterocycles. The van der Waals surface area contributed by atoms with E-state index in [-0.39, 0.29) is 30.1 Å². The van der Waals surface area contributed by atoms with E-state index in [1.165, 1.54) is 17.7 Å². The van der Waals surface area contributed by atoms with E-state index >= 15 is 0 Å². The predicted molar refractivity (Wildman–Crippen MR) is 114 cm³/mol. The highest BCUT2D eigenvalue weighted by Gasteiger charge is 2.23. The van der Waals surface area contributed by atoms with Crippen LogP contribution in [0.1, 0.15) is 36.8 Å². The molecule has 2 aromatic carbocycles. The van der Waals surface area contributed by atoms with Crippen LogP contribution in [-0.2, 0) is 16.0 Å². The van der Waals surface area contributed by atoms with Crippen LogP contribution in [0.5, 0.6) is 5.75 Å². The number of nitrogens with one attached hydrogen (secondary N) is 1. The summed E-state index contributed by atoms with van der Waals surface area (Å²) in [6, 6.07) is 14.0. The van der Waals surface area contributed by atoms with Crippen LogP contribution >= 0.6 is 0 Å². The average Bonchev–Trinajstić information content (AvgIpc) is 2.74. The Kier molecular flexibility index (Phi) is 7.82. The number of benzene rings is 2. The first kappa shape index (κ1) is 21.8. The SMILES string of the molecule is Cc1ccc(OCCCC(=O)NC2CCN(C(=O)Cc3ccc(F)cc3)CC2)cc1. The van der Waals surface area contributed by atoms with Gasteiger partial charge in [-0.15, -0.1) is 0 Å². The van der Waals surface area contributed by atoms with E-state index in [0.29, 0.717) is 32.5 Å². The number of halogens is 1. The Labute approximate surface area is 177 Å². The van der Waals surface area contributed by atoms with Crippen molar-refractivity contribution in [2.45, 2.75) is 45.1 Å². The number of rotatable bonds is 8. The molecule has 30 heavy (non-hydrogen) atoms. The van der Waals surface area contributed by atoms with Crippen LogP contribution in [0.25, 0.3) is 0 Å². The number of piperidine rings is 1. The second-order valence-electron chi connectivity index (χ2n) is 7.79. The standard InChI is InChI=1S/C24H29FN2O3/c1-18-4-10-22(11-5-18)30-16-2-3-23(28)26-21-12-14-27(15-13-21)24(29)17-19-6-8-20(25)9-7-19/h4-11,21H,2-3,12-17H2,1H3,(H,26,28). The lowest BCUT2D eigenvalue weighted by molar-refractivity contribution is -0.131. The van der Waals surface area contributed by atoms with Crippen LogP contribution in [0.3, 0.4) is 0 Å². The topological polar surface area (TPSA) is 58.6 Å². The molecule has 1 N–H and O–H groups in total. The summed E-state index contributed by atoms with van der Waals surface area (Å²) in [6.07, 6.45) is 2.87. The quantitative estimate of drug-likeness (QED) is 0.674. The molecule has 1 aliphatic heterocycles. The summed E-state index contributed by atoms with van der Waals surface area (Å²) in [5.74, 6) is 0.585. The van der Waals surface area contributed by atoms with Crippen molar-refractivity contribution in [2.75, 3.05) is 19.7 Å². The zero-order valence-corrected chi connectivity index (χ0v) is 17.4. The minimum Gasteiger partial charge on any atom is -0.494 e. The first-order chi connectivity index (χ1) is 14.5. The van der Waals surface area contributed by atoms with Crippen LogP contribution in [0.4, 0.5) is 4.39 Å². The molecule has 1 aliphatic rings. The number of carbonyl (C=O) groups excluding carboxylic acids is 2. The normalized spacial score (nSPS) is 14.4. The van der Waals surface area contributed by atoms with E-state index in [4.69, 9.17) is 4.74 Å². The van der Waals surface area contributed by atoms with Crippen molar-refractivity contribution in [3.05, 3.63) is 65.5 Å². The third-order valence-electron chi connectivity index (χ3n) is 5.32. The van der Waals surface area contributed by atoms with E-state index in [9.17, 15) is 14.0 Å². The second kappa shape index (κ2) is 10.8. The molecule has 2 aromatic rings. The molecule has 0 spiro atoms. The molecule has 0 atom stereocenters. The van der Waals surface area contributed by atoms with Gasteiger partial charge in [0.25, 0.3) is 0 Å². The van der Waals surface area contributed by atoms with Gasteiger partial charge in [-0.1, -0.05) is 29.8 Å². The second-order valence-corrected chi connectivity index (χ2v) is 7.79. The highest BCUT2D eigenvalue weighted by atomic mass is 19.1. The molecular weight excluding hydrogens is 383 g/mol. The number of hydrogen-bond acceptors (Lipinski definition) is 3. The van der Waals surface area contributed by atoms with Crippen molar-refractivity contribution in [2.24, 2.45) is 0 Å². The minimum absolute atomic E-state index is 0.0265. The van der Waals surface area contributed by atoms with Crippen molar-refractivity contribution in [3.8, 4) is 5.75 Å². The fourth-order valence-corrected chi connectivity index (χ4v) is 3.52. The third-order valence-corrected chi connectivity index (χ3v) is 5.32. The maximum atomic E-state index is 13.0. The lowest BCUT2D eigenvalue weighted by Crippen LogP contribution is -2.47. The lowest BCUT2D eigenvalue weighted by atomic mass is 10.0. The Balaban J connectivity index is 1.30. The van der Waals surface area contributed by atoms with E-state index in [2.05, 4.69) is 5.32 Å². The Morgan fingerprint density at radius 2 is 1.73 bits per heavy atom. The van der Waals surface area contributed by atoms with Crippen molar-refractivity contribution in [1.29, 1.82) is 0 Å². The number of carbonyl (C=O) groups is 2. The highest BCUT2D eigenvalue weighted by Crippen LogP contribution is 2.14. The van der Waals surface area contributed by atoms with E-state index in [0.717, 1.165) is 24.2 Å². The Bertz CT molecular complexity index is 829. The number of ether oxygens (including phenoxy) is 1. The summed E-state index contributed by atoms with van der Waals surface area (Å²) < 4.78 is 18.6. The molecule has 160 valence electrons. The van der Waals surface area contributed by atoms with Gasteiger partial charge in [0.05, 0.1) is 13.0 Å². The monoisotopic (exact) mass is 412 g/mol. The fourth-order valence-electron chi connectivity index (χ4n) is 3.52. The summed E-state index contributed by atoms with van der Waals surface area (Å²) in [5.41, 5.74) is 2.00. The molecule has 0 saturated carbocycles. The smallest absolute Gasteiger partial charge is 0.226 e. The number of amides is 2. The van der Waals surface area contributed by atoms with Crippen molar-refractivity contribution >= 4 is 11.8 Å². The molecule has 1 saturated heterocycles. The molecule has 1 fully saturated rings. The van der Waals surface area contributed by atoms with Crippen LogP contribution < -0.4 is 10.1 Å².